The van der Waals surface area contributed by atoms with Gasteiger partial charge in [-0.3, -0.25) is 4.79 Å². The minimum absolute atomic E-state index is 0.0710. The summed E-state index contributed by atoms with van der Waals surface area (Å²) < 4.78 is 64.3. The molecule has 2 aromatic carbocycles. The Bertz CT molecular complexity index is 1280. The van der Waals surface area contributed by atoms with Crippen LogP contribution >= 0.6 is 0 Å². The number of aromatic nitrogens is 1. The molecule has 3 aromatic rings. The van der Waals surface area contributed by atoms with Crippen LogP contribution in [0.2, 0.25) is 0 Å². The van der Waals surface area contributed by atoms with Crippen LogP contribution in [0.15, 0.2) is 30.3 Å². The molecule has 6 nitrogen and oxygen atoms in total. The van der Waals surface area contributed by atoms with Gasteiger partial charge in [0.15, 0.2) is 0 Å². The van der Waals surface area contributed by atoms with Gasteiger partial charge in [0.2, 0.25) is 0 Å². The Morgan fingerprint density at radius 3 is 2.69 bits per heavy atom. The van der Waals surface area contributed by atoms with E-state index in [-0.39, 0.29) is 17.9 Å². The fourth-order valence-corrected chi connectivity index (χ4v) is 4.21. The predicted octanol–water partition coefficient (Wildman–Crippen LogP) is 4.21. The molecular formula is C22H17F4N3O3. The lowest BCUT2D eigenvalue weighted by molar-refractivity contribution is -0.137. The van der Waals surface area contributed by atoms with Crippen molar-refractivity contribution in [3.63, 3.8) is 0 Å². The summed E-state index contributed by atoms with van der Waals surface area (Å²) >= 11 is 0. The van der Waals surface area contributed by atoms with Crippen molar-refractivity contribution in [3.8, 4) is 5.75 Å². The largest absolute Gasteiger partial charge is 0.491 e. The average molecular weight is 447 g/mol. The number of hydrogen-bond acceptors (Lipinski definition) is 5. The number of ether oxygens (including phenoxy) is 2. The Morgan fingerprint density at radius 1 is 1.19 bits per heavy atom. The zero-order chi connectivity index (χ0) is 22.8. The molecule has 0 spiro atoms. The van der Waals surface area contributed by atoms with Crippen LogP contribution in [0.4, 0.5) is 23.4 Å². The molecule has 0 saturated heterocycles. The number of anilines is 1. The van der Waals surface area contributed by atoms with Crippen molar-refractivity contribution in [2.24, 2.45) is 0 Å². The lowest BCUT2D eigenvalue weighted by Crippen LogP contribution is -2.32. The van der Waals surface area contributed by atoms with Gasteiger partial charge in [0.1, 0.15) is 24.0 Å². The Hall–Kier alpha value is -3.40. The number of nitrogens with two attached hydrogens (primary N) is 1. The third-order valence-electron chi connectivity index (χ3n) is 5.91. The first kappa shape index (κ1) is 20.5. The third-order valence-corrected chi connectivity index (χ3v) is 5.91. The summed E-state index contributed by atoms with van der Waals surface area (Å²) in [6, 6.07) is 5.24. The molecule has 5 rings (SSSR count). The molecule has 0 unspecified atom stereocenters. The number of halogens is 4. The number of rotatable bonds is 2. The van der Waals surface area contributed by atoms with Crippen molar-refractivity contribution >= 4 is 22.6 Å². The second-order valence-corrected chi connectivity index (χ2v) is 7.79. The van der Waals surface area contributed by atoms with Crippen molar-refractivity contribution in [1.29, 1.82) is 0 Å². The zero-order valence-electron chi connectivity index (χ0n) is 16.8. The second-order valence-electron chi connectivity index (χ2n) is 7.79. The monoisotopic (exact) mass is 447 g/mol. The lowest BCUT2D eigenvalue weighted by Gasteiger charge is -2.24. The van der Waals surface area contributed by atoms with Crippen LogP contribution in [-0.2, 0) is 24.1 Å². The van der Waals surface area contributed by atoms with Gasteiger partial charge in [-0.05, 0) is 35.9 Å². The number of likely N-dealkylation sites (N-methyl/N-ethyl adjacent to an activating group) is 1. The van der Waals surface area contributed by atoms with E-state index in [9.17, 15) is 22.4 Å². The number of amides is 1. The Balaban J connectivity index is 1.49. The van der Waals surface area contributed by atoms with Gasteiger partial charge < -0.3 is 20.1 Å². The maximum absolute atomic E-state index is 14.6. The van der Waals surface area contributed by atoms with Crippen molar-refractivity contribution in [3.05, 3.63) is 64.0 Å². The highest BCUT2D eigenvalue weighted by molar-refractivity contribution is 5.99. The van der Waals surface area contributed by atoms with E-state index in [0.29, 0.717) is 36.2 Å². The smallest absolute Gasteiger partial charge is 0.416 e. The molecular weight excluding hydrogens is 430 g/mol. The van der Waals surface area contributed by atoms with Crippen LogP contribution < -0.4 is 10.5 Å². The van der Waals surface area contributed by atoms with E-state index in [1.54, 1.807) is 18.2 Å². The molecule has 0 radical (unpaired) electrons. The van der Waals surface area contributed by atoms with Gasteiger partial charge in [0.05, 0.1) is 35.9 Å². The van der Waals surface area contributed by atoms with Crippen LogP contribution in [0.1, 0.15) is 38.7 Å². The number of hydrogen-bond donors (Lipinski definition) is 1. The summed E-state index contributed by atoms with van der Waals surface area (Å²) in [5.74, 6) is -1.33. The molecule has 166 valence electrons. The van der Waals surface area contributed by atoms with Crippen LogP contribution in [0, 0.1) is 5.82 Å². The number of fused-ring (bicyclic) bond motifs is 4. The molecule has 1 atom stereocenters. The topological polar surface area (TPSA) is 77.7 Å². The van der Waals surface area contributed by atoms with Gasteiger partial charge in [-0.1, -0.05) is 0 Å². The quantitative estimate of drug-likeness (QED) is 0.596. The van der Waals surface area contributed by atoms with Crippen LogP contribution in [0.3, 0.4) is 0 Å². The van der Waals surface area contributed by atoms with Crippen molar-refractivity contribution < 1.29 is 31.8 Å². The molecule has 0 fully saturated rings. The number of pyridine rings is 1. The number of carbonyl (C=O) groups excluding carboxylic acids is 1. The standard InChI is InChI=1S/C22H17F4N3O3/c1-29(17-9-32-18-6-11(22(24,25)26)5-15(23)19(17)18)21(30)10-2-3-16-12(4-10)13-7-31-8-14(13)20(27)28-16/h2-6,17H,7-9H2,1H3,(H2,27,28)/t17-/m0/s1. The summed E-state index contributed by atoms with van der Waals surface area (Å²) in [7, 11) is 1.46. The van der Waals surface area contributed by atoms with Gasteiger partial charge in [0.25, 0.3) is 5.91 Å². The van der Waals surface area contributed by atoms with E-state index in [0.717, 1.165) is 22.6 Å². The van der Waals surface area contributed by atoms with E-state index in [1.165, 1.54) is 11.9 Å². The van der Waals surface area contributed by atoms with Crippen molar-refractivity contribution in [2.75, 3.05) is 19.4 Å². The summed E-state index contributed by atoms with van der Waals surface area (Å²) in [6.07, 6.45) is -4.70. The number of nitrogens with zero attached hydrogens (tertiary/aromatic N) is 2. The van der Waals surface area contributed by atoms with E-state index < -0.39 is 29.5 Å². The van der Waals surface area contributed by atoms with Gasteiger partial charge in [-0.15, -0.1) is 0 Å². The summed E-state index contributed by atoms with van der Waals surface area (Å²) in [6.45, 7) is 0.547. The molecule has 0 aliphatic carbocycles. The third kappa shape index (κ3) is 3.13. The summed E-state index contributed by atoms with van der Waals surface area (Å²) in [5.41, 5.74) is 7.36. The van der Waals surface area contributed by atoms with Gasteiger partial charge in [-0.2, -0.15) is 13.2 Å². The lowest BCUT2D eigenvalue weighted by atomic mass is 10.0. The predicted molar refractivity (Wildman–Crippen MR) is 106 cm³/mol. The fraction of sp³-hybridized carbons (Fsp3) is 0.273. The van der Waals surface area contributed by atoms with Crippen molar-refractivity contribution in [2.45, 2.75) is 25.4 Å². The maximum atomic E-state index is 14.6. The number of nitrogen functional groups attached to an aromatic ring is 1. The minimum atomic E-state index is -4.70. The van der Waals surface area contributed by atoms with Crippen LogP contribution in [0.5, 0.6) is 5.75 Å². The Morgan fingerprint density at radius 2 is 1.94 bits per heavy atom. The normalized spacial score (nSPS) is 17.2. The summed E-state index contributed by atoms with van der Waals surface area (Å²) in [4.78, 5) is 18.8. The SMILES string of the molecule is CN(C(=O)c1ccc2nc(N)c3c(c2c1)COC3)[C@H]1COc2cc(C(F)(F)F)cc(F)c21. The highest BCUT2D eigenvalue weighted by Crippen LogP contribution is 2.42. The molecule has 1 aromatic heterocycles. The second kappa shape index (κ2) is 7.06. The highest BCUT2D eigenvalue weighted by Gasteiger charge is 2.38. The van der Waals surface area contributed by atoms with Crippen LogP contribution in [0.25, 0.3) is 10.9 Å². The molecule has 32 heavy (non-hydrogen) atoms. The maximum Gasteiger partial charge on any atom is 0.416 e. The molecule has 2 aliphatic heterocycles. The molecule has 2 N–H and O–H groups in total. The van der Waals surface area contributed by atoms with E-state index >= 15 is 0 Å². The first-order chi connectivity index (χ1) is 15.1. The van der Waals surface area contributed by atoms with E-state index in [1.807, 2.05) is 0 Å². The van der Waals surface area contributed by atoms with Crippen LogP contribution in [-0.4, -0.2) is 29.4 Å². The molecule has 2 aliphatic rings. The average Bonchev–Trinajstić information content (AvgIpc) is 3.40. The first-order valence-electron chi connectivity index (χ1n) is 9.74. The molecule has 1 amide bonds. The molecule has 0 bridgehead atoms. The van der Waals surface area contributed by atoms with Gasteiger partial charge in [-0.25, -0.2) is 9.37 Å². The number of alkyl halides is 3. The Labute approximate surface area is 179 Å². The molecule has 0 saturated carbocycles. The number of benzene rings is 2. The zero-order valence-corrected chi connectivity index (χ0v) is 16.8. The Kier molecular flexibility index (Phi) is 4.52. The fourth-order valence-electron chi connectivity index (χ4n) is 4.21. The van der Waals surface area contributed by atoms with E-state index in [4.69, 9.17) is 15.2 Å². The molecule has 3 heterocycles. The van der Waals surface area contributed by atoms with E-state index in [2.05, 4.69) is 4.98 Å². The molecule has 10 heteroatoms. The summed E-state index contributed by atoms with van der Waals surface area (Å²) in [5, 5.41) is 0.732. The highest BCUT2D eigenvalue weighted by atomic mass is 19.4. The number of carbonyl (C=O) groups is 1. The van der Waals surface area contributed by atoms with Gasteiger partial charge in [0, 0.05) is 23.6 Å². The van der Waals surface area contributed by atoms with Gasteiger partial charge >= 0.3 is 6.18 Å². The first-order valence-corrected chi connectivity index (χ1v) is 9.74. The minimum Gasteiger partial charge on any atom is -0.491 e. The van der Waals surface area contributed by atoms with Crippen molar-refractivity contribution in [1.82, 2.24) is 9.88 Å².